The Labute approximate surface area is 310 Å². The Bertz CT molecular complexity index is 2680. The molecule has 9 aromatic rings. The summed E-state index contributed by atoms with van der Waals surface area (Å²) >= 11 is 0. The summed E-state index contributed by atoms with van der Waals surface area (Å²) in [4.78, 5) is 2.33. The normalized spacial score (nSPS) is 12.9. The highest BCUT2D eigenvalue weighted by Crippen LogP contribution is 2.55. The standard InChI is InChI=1S/C51H37NO/c1-51(2)44-21-13-12-20-42(44)49-45(51)33-47-50(48(49)38-18-10-5-11-19-38)43-31-30-41(32-46(43)53-47)52(39-26-22-36(23-27-39)34-14-6-3-7-15-34)40-28-24-37(25-29-40)35-16-8-4-9-17-35/h3-33H,1-2H3. The minimum absolute atomic E-state index is 0.150. The SMILES string of the molecule is CC1(C)c2ccccc2-c2c1cc1oc3cc(N(c4ccc(-c5ccccc5)cc4)c4ccc(-c5ccccc5)cc4)ccc3c1c2-c1ccccc1. The van der Waals surface area contributed by atoms with Gasteiger partial charge in [-0.1, -0.05) is 153 Å². The van der Waals surface area contributed by atoms with Gasteiger partial charge in [-0.25, -0.2) is 0 Å². The molecule has 0 bridgehead atoms. The summed E-state index contributed by atoms with van der Waals surface area (Å²) in [5, 5.41) is 2.28. The van der Waals surface area contributed by atoms with Gasteiger partial charge in [-0.05, 0) is 92.5 Å². The van der Waals surface area contributed by atoms with Crippen LogP contribution in [0.5, 0.6) is 0 Å². The predicted molar refractivity (Wildman–Crippen MR) is 222 cm³/mol. The highest BCUT2D eigenvalue weighted by atomic mass is 16.3. The van der Waals surface area contributed by atoms with E-state index in [2.05, 4.69) is 207 Å². The number of fused-ring (bicyclic) bond motifs is 6. The number of hydrogen-bond donors (Lipinski definition) is 0. The molecule has 252 valence electrons. The summed E-state index contributed by atoms with van der Waals surface area (Å²) in [7, 11) is 0. The maximum atomic E-state index is 6.92. The van der Waals surface area contributed by atoms with E-state index < -0.39 is 0 Å². The smallest absolute Gasteiger partial charge is 0.137 e. The van der Waals surface area contributed by atoms with Crippen LogP contribution >= 0.6 is 0 Å². The Balaban J connectivity index is 1.16. The minimum Gasteiger partial charge on any atom is -0.456 e. The lowest BCUT2D eigenvalue weighted by atomic mass is 9.81. The number of benzene rings is 8. The van der Waals surface area contributed by atoms with Crippen LogP contribution in [0.25, 0.3) is 66.4 Å². The lowest BCUT2D eigenvalue weighted by molar-refractivity contribution is 0.647. The Kier molecular flexibility index (Phi) is 7.19. The number of rotatable bonds is 6. The van der Waals surface area contributed by atoms with Crippen molar-refractivity contribution in [1.82, 2.24) is 0 Å². The molecule has 0 N–H and O–H groups in total. The average Bonchev–Trinajstić information content (AvgIpc) is 3.70. The van der Waals surface area contributed by atoms with Gasteiger partial charge in [0.1, 0.15) is 11.2 Å². The van der Waals surface area contributed by atoms with Crippen molar-refractivity contribution < 1.29 is 4.42 Å². The summed E-state index contributed by atoms with van der Waals surface area (Å²) in [6.45, 7) is 4.67. The molecule has 0 fully saturated rings. The highest BCUT2D eigenvalue weighted by Gasteiger charge is 2.38. The molecule has 1 heterocycles. The molecule has 8 aromatic carbocycles. The zero-order chi connectivity index (χ0) is 35.5. The summed E-state index contributed by atoms with van der Waals surface area (Å²) < 4.78 is 6.92. The van der Waals surface area contributed by atoms with Crippen molar-refractivity contribution in [2.45, 2.75) is 19.3 Å². The Morgan fingerprint density at radius 1 is 0.396 bits per heavy atom. The molecule has 1 aliphatic carbocycles. The van der Waals surface area contributed by atoms with Crippen LogP contribution in [0.1, 0.15) is 25.0 Å². The zero-order valence-electron chi connectivity index (χ0n) is 29.8. The molecule has 2 heteroatoms. The largest absolute Gasteiger partial charge is 0.456 e. The Hall–Kier alpha value is -6.64. The van der Waals surface area contributed by atoms with Crippen molar-refractivity contribution in [3.05, 3.63) is 199 Å². The lowest BCUT2D eigenvalue weighted by Gasteiger charge is -2.26. The summed E-state index contributed by atoms with van der Waals surface area (Å²) in [5.74, 6) is 0. The quantitative estimate of drug-likeness (QED) is 0.174. The molecule has 10 rings (SSSR count). The first-order chi connectivity index (χ1) is 26.0. The van der Waals surface area contributed by atoms with E-state index >= 15 is 0 Å². The van der Waals surface area contributed by atoms with Gasteiger partial charge in [0, 0.05) is 44.9 Å². The second-order valence-electron chi connectivity index (χ2n) is 14.5. The van der Waals surface area contributed by atoms with Gasteiger partial charge >= 0.3 is 0 Å². The Morgan fingerprint density at radius 3 is 1.47 bits per heavy atom. The minimum atomic E-state index is -0.150. The van der Waals surface area contributed by atoms with Gasteiger partial charge in [0.15, 0.2) is 0 Å². The molecule has 53 heavy (non-hydrogen) atoms. The van der Waals surface area contributed by atoms with Crippen LogP contribution in [0.4, 0.5) is 17.1 Å². The van der Waals surface area contributed by atoms with E-state index in [0.29, 0.717) is 0 Å². The first-order valence-electron chi connectivity index (χ1n) is 18.3. The van der Waals surface area contributed by atoms with Gasteiger partial charge in [0.05, 0.1) is 0 Å². The first-order valence-corrected chi connectivity index (χ1v) is 18.3. The molecule has 0 atom stereocenters. The number of furan rings is 1. The van der Waals surface area contributed by atoms with Crippen LogP contribution in [0, 0.1) is 0 Å². The van der Waals surface area contributed by atoms with Gasteiger partial charge in [0.25, 0.3) is 0 Å². The molecule has 0 amide bonds. The van der Waals surface area contributed by atoms with Crippen LogP contribution in [-0.4, -0.2) is 0 Å². The number of nitrogens with zero attached hydrogens (tertiary/aromatic N) is 1. The molecule has 0 saturated carbocycles. The second-order valence-corrected chi connectivity index (χ2v) is 14.5. The van der Waals surface area contributed by atoms with E-state index in [0.717, 1.165) is 39.0 Å². The predicted octanol–water partition coefficient (Wildman–Crippen LogP) is 14.4. The van der Waals surface area contributed by atoms with E-state index in [-0.39, 0.29) is 5.41 Å². The van der Waals surface area contributed by atoms with Gasteiger partial charge < -0.3 is 9.32 Å². The molecular weight excluding hydrogens is 643 g/mol. The third kappa shape index (κ3) is 5.10. The summed E-state index contributed by atoms with van der Waals surface area (Å²) in [6.07, 6.45) is 0. The second kappa shape index (κ2) is 12.3. The molecule has 0 radical (unpaired) electrons. The van der Waals surface area contributed by atoms with Crippen LogP contribution < -0.4 is 4.90 Å². The maximum absolute atomic E-state index is 6.92. The van der Waals surface area contributed by atoms with Crippen molar-refractivity contribution in [1.29, 1.82) is 0 Å². The molecule has 0 unspecified atom stereocenters. The highest BCUT2D eigenvalue weighted by molar-refractivity contribution is 6.18. The third-order valence-electron chi connectivity index (χ3n) is 11.1. The van der Waals surface area contributed by atoms with Crippen LogP contribution in [-0.2, 0) is 5.41 Å². The summed E-state index contributed by atoms with van der Waals surface area (Å²) in [6, 6.07) is 67.5. The molecule has 2 nitrogen and oxygen atoms in total. The molecule has 0 saturated heterocycles. The van der Waals surface area contributed by atoms with Crippen molar-refractivity contribution in [3.8, 4) is 44.5 Å². The van der Waals surface area contributed by atoms with Crippen LogP contribution in [0.3, 0.4) is 0 Å². The van der Waals surface area contributed by atoms with Crippen LogP contribution in [0.2, 0.25) is 0 Å². The number of anilines is 3. The first kappa shape index (κ1) is 31.1. The average molecular weight is 680 g/mol. The van der Waals surface area contributed by atoms with Crippen molar-refractivity contribution in [2.24, 2.45) is 0 Å². The topological polar surface area (TPSA) is 16.4 Å². The van der Waals surface area contributed by atoms with Gasteiger partial charge in [-0.15, -0.1) is 0 Å². The zero-order valence-corrected chi connectivity index (χ0v) is 29.8. The van der Waals surface area contributed by atoms with Crippen molar-refractivity contribution >= 4 is 39.0 Å². The van der Waals surface area contributed by atoms with E-state index in [1.165, 1.54) is 55.6 Å². The van der Waals surface area contributed by atoms with Gasteiger partial charge in [-0.3, -0.25) is 0 Å². The van der Waals surface area contributed by atoms with E-state index in [9.17, 15) is 0 Å². The van der Waals surface area contributed by atoms with E-state index in [1.807, 2.05) is 0 Å². The molecule has 1 aliphatic rings. The van der Waals surface area contributed by atoms with Gasteiger partial charge in [0.2, 0.25) is 0 Å². The van der Waals surface area contributed by atoms with E-state index in [4.69, 9.17) is 4.42 Å². The maximum Gasteiger partial charge on any atom is 0.137 e. The Morgan fingerprint density at radius 2 is 0.887 bits per heavy atom. The molecule has 0 aliphatic heterocycles. The fraction of sp³-hybridized carbons (Fsp3) is 0.0588. The van der Waals surface area contributed by atoms with Crippen molar-refractivity contribution in [2.75, 3.05) is 4.90 Å². The molecular formula is C51H37NO. The van der Waals surface area contributed by atoms with E-state index in [1.54, 1.807) is 0 Å². The van der Waals surface area contributed by atoms with Crippen molar-refractivity contribution in [3.63, 3.8) is 0 Å². The molecule has 0 spiro atoms. The monoisotopic (exact) mass is 679 g/mol. The third-order valence-corrected chi connectivity index (χ3v) is 11.1. The van der Waals surface area contributed by atoms with Gasteiger partial charge in [-0.2, -0.15) is 0 Å². The van der Waals surface area contributed by atoms with Crippen LogP contribution in [0.15, 0.2) is 192 Å². The number of hydrogen-bond acceptors (Lipinski definition) is 2. The fourth-order valence-electron chi connectivity index (χ4n) is 8.44. The molecule has 1 aromatic heterocycles. The lowest BCUT2D eigenvalue weighted by Crippen LogP contribution is -2.14. The fourth-order valence-corrected chi connectivity index (χ4v) is 8.44. The summed E-state index contributed by atoms with van der Waals surface area (Å²) in [5.41, 5.74) is 17.3.